The molecule has 2 atom stereocenters. The number of benzene rings is 1. The number of rotatable bonds is 11. The molecule has 1 saturated heterocycles. The Morgan fingerprint density at radius 1 is 1.24 bits per heavy atom. The normalized spacial score (nSPS) is 19.1. The first-order valence-corrected chi connectivity index (χ1v) is 12.4. The number of anilines is 1. The predicted molar refractivity (Wildman–Crippen MR) is 144 cm³/mol. The lowest BCUT2D eigenvalue weighted by Crippen LogP contribution is -2.45. The van der Waals surface area contributed by atoms with Gasteiger partial charge in [0, 0.05) is 24.6 Å². The van der Waals surface area contributed by atoms with E-state index in [-0.39, 0.29) is 12.5 Å². The number of β-amino-alcohol motifs (C(OH)–C–C–N with tert-alkyl or cyclic N) is 2. The standard InChI is InChI=1S/C28H35N5O4/c1-4-7-20(23-12-13-32(14-15-34)19-26(23)35)16-22(36-2)18-30-28-29-17-21-10-11-25(33(21)31-28)24-8-5-6-9-27(24)37-3/h4-11,16-17,23,26,34-35H,1,12-15,18-19H2,2-3H3,(H,30,31)/b20-7+,22-16+/t23-,26-/m0/s1. The number of aliphatic hydroxyl groups is 2. The smallest absolute Gasteiger partial charge is 0.241 e. The van der Waals surface area contributed by atoms with Crippen LogP contribution in [0.25, 0.3) is 16.8 Å². The summed E-state index contributed by atoms with van der Waals surface area (Å²) in [6.45, 7) is 6.19. The topological polar surface area (TPSA) is 104 Å². The maximum atomic E-state index is 10.8. The van der Waals surface area contributed by atoms with Gasteiger partial charge >= 0.3 is 0 Å². The van der Waals surface area contributed by atoms with Crippen LogP contribution < -0.4 is 10.1 Å². The SMILES string of the molecule is C=C/C=C(\C=C(/CNc1ncc2ccc(-c3ccccc3OC)n2n1)OC)[C@@H]1CCN(CCO)C[C@@H]1O. The zero-order chi connectivity index (χ0) is 26.2. The van der Waals surface area contributed by atoms with E-state index in [0.29, 0.717) is 31.3 Å². The second-order valence-electron chi connectivity index (χ2n) is 8.89. The van der Waals surface area contributed by atoms with E-state index in [0.717, 1.165) is 41.1 Å². The van der Waals surface area contributed by atoms with Gasteiger partial charge in [-0.3, -0.25) is 4.90 Å². The van der Waals surface area contributed by atoms with Gasteiger partial charge in [-0.1, -0.05) is 30.9 Å². The molecule has 1 aliphatic heterocycles. The fourth-order valence-corrected chi connectivity index (χ4v) is 4.72. The number of nitrogens with one attached hydrogen (secondary N) is 1. The molecule has 0 radical (unpaired) electrons. The Balaban J connectivity index is 1.51. The molecule has 0 amide bonds. The molecular weight excluding hydrogens is 470 g/mol. The zero-order valence-electron chi connectivity index (χ0n) is 21.4. The number of hydrogen-bond acceptors (Lipinski definition) is 8. The second-order valence-corrected chi connectivity index (χ2v) is 8.89. The van der Waals surface area contributed by atoms with Gasteiger partial charge in [-0.25, -0.2) is 9.50 Å². The van der Waals surface area contributed by atoms with Crippen molar-refractivity contribution in [3.8, 4) is 17.0 Å². The minimum Gasteiger partial charge on any atom is -0.499 e. The van der Waals surface area contributed by atoms with Crippen molar-refractivity contribution >= 4 is 11.5 Å². The quantitative estimate of drug-likeness (QED) is 0.270. The van der Waals surface area contributed by atoms with Gasteiger partial charge in [-0.15, -0.1) is 5.10 Å². The lowest BCUT2D eigenvalue weighted by molar-refractivity contribution is 0.0302. The molecule has 2 aromatic heterocycles. The predicted octanol–water partition coefficient (Wildman–Crippen LogP) is 3.13. The lowest BCUT2D eigenvalue weighted by atomic mass is 9.86. The monoisotopic (exact) mass is 505 g/mol. The molecule has 1 aromatic carbocycles. The zero-order valence-corrected chi connectivity index (χ0v) is 21.4. The van der Waals surface area contributed by atoms with Crippen molar-refractivity contribution in [3.05, 3.63) is 78.7 Å². The number of ether oxygens (including phenoxy) is 2. The second kappa shape index (κ2) is 12.5. The van der Waals surface area contributed by atoms with Crippen LogP contribution in [0.5, 0.6) is 5.75 Å². The number of para-hydroxylation sites is 1. The van der Waals surface area contributed by atoms with Gasteiger partial charge in [0.25, 0.3) is 0 Å². The maximum Gasteiger partial charge on any atom is 0.241 e. The average molecular weight is 506 g/mol. The van der Waals surface area contributed by atoms with Crippen LogP contribution in [0.1, 0.15) is 6.42 Å². The third kappa shape index (κ3) is 6.19. The highest BCUT2D eigenvalue weighted by Crippen LogP contribution is 2.31. The molecule has 0 spiro atoms. The number of hydrogen-bond donors (Lipinski definition) is 3. The molecule has 9 heteroatoms. The third-order valence-corrected chi connectivity index (χ3v) is 6.61. The Bertz CT molecular complexity index is 1270. The maximum absolute atomic E-state index is 10.8. The fourth-order valence-electron chi connectivity index (χ4n) is 4.72. The van der Waals surface area contributed by atoms with Crippen LogP contribution in [0.3, 0.4) is 0 Å². The minimum absolute atomic E-state index is 0.0472. The van der Waals surface area contributed by atoms with Crippen molar-refractivity contribution < 1.29 is 19.7 Å². The van der Waals surface area contributed by atoms with Crippen LogP contribution in [-0.4, -0.2) is 82.8 Å². The molecule has 0 aliphatic carbocycles. The van der Waals surface area contributed by atoms with Crippen LogP contribution >= 0.6 is 0 Å². The summed E-state index contributed by atoms with van der Waals surface area (Å²) in [5.74, 6) is 1.86. The van der Waals surface area contributed by atoms with E-state index < -0.39 is 6.10 Å². The molecule has 0 bridgehead atoms. The van der Waals surface area contributed by atoms with Gasteiger partial charge < -0.3 is 25.0 Å². The fraction of sp³-hybridized carbons (Fsp3) is 0.357. The van der Waals surface area contributed by atoms with Crippen molar-refractivity contribution in [2.24, 2.45) is 5.92 Å². The Labute approximate surface area is 217 Å². The van der Waals surface area contributed by atoms with Crippen LogP contribution in [0.15, 0.2) is 78.7 Å². The van der Waals surface area contributed by atoms with E-state index in [1.54, 1.807) is 26.5 Å². The van der Waals surface area contributed by atoms with Crippen LogP contribution in [0.2, 0.25) is 0 Å². The van der Waals surface area contributed by atoms with Crippen LogP contribution in [0, 0.1) is 5.92 Å². The van der Waals surface area contributed by atoms with Crippen molar-refractivity contribution in [1.29, 1.82) is 0 Å². The molecule has 37 heavy (non-hydrogen) atoms. The summed E-state index contributed by atoms with van der Waals surface area (Å²) in [6.07, 6.45) is 7.59. The van der Waals surface area contributed by atoms with E-state index >= 15 is 0 Å². The van der Waals surface area contributed by atoms with Gasteiger partial charge in [0.1, 0.15) is 11.5 Å². The van der Waals surface area contributed by atoms with Crippen LogP contribution in [0.4, 0.5) is 5.95 Å². The molecule has 3 N–H and O–H groups in total. The van der Waals surface area contributed by atoms with Crippen molar-refractivity contribution in [2.45, 2.75) is 12.5 Å². The van der Waals surface area contributed by atoms with Crippen LogP contribution in [-0.2, 0) is 4.74 Å². The minimum atomic E-state index is -0.540. The molecular formula is C28H35N5O4. The Kier molecular flexibility index (Phi) is 8.95. The molecule has 196 valence electrons. The molecule has 9 nitrogen and oxygen atoms in total. The molecule has 3 aromatic rings. The Hall–Kier alpha value is -3.66. The number of piperidine rings is 1. The average Bonchev–Trinajstić information content (AvgIpc) is 3.34. The molecule has 3 heterocycles. The summed E-state index contributed by atoms with van der Waals surface area (Å²) >= 11 is 0. The summed E-state index contributed by atoms with van der Waals surface area (Å²) < 4.78 is 13.0. The molecule has 0 unspecified atom stereocenters. The van der Waals surface area contributed by atoms with Gasteiger partial charge in [-0.2, -0.15) is 0 Å². The number of aliphatic hydroxyl groups excluding tert-OH is 2. The number of aromatic nitrogens is 3. The first kappa shape index (κ1) is 26.4. The molecule has 1 aliphatic rings. The van der Waals surface area contributed by atoms with E-state index in [1.165, 1.54) is 0 Å². The molecule has 4 rings (SSSR count). The van der Waals surface area contributed by atoms with Gasteiger partial charge in [0.05, 0.1) is 50.9 Å². The van der Waals surface area contributed by atoms with Crippen molar-refractivity contribution in [3.63, 3.8) is 0 Å². The first-order chi connectivity index (χ1) is 18.1. The van der Waals surface area contributed by atoms with E-state index in [4.69, 9.17) is 14.6 Å². The number of fused-ring (bicyclic) bond motifs is 1. The molecule has 1 fully saturated rings. The molecule has 0 saturated carbocycles. The summed E-state index contributed by atoms with van der Waals surface area (Å²) in [5, 5.41) is 27.9. The van der Waals surface area contributed by atoms with Gasteiger partial charge in [0.2, 0.25) is 5.95 Å². The number of likely N-dealkylation sites (tertiary alicyclic amines) is 1. The van der Waals surface area contributed by atoms with E-state index in [2.05, 4.69) is 21.8 Å². The number of methoxy groups -OCH3 is 2. The summed E-state index contributed by atoms with van der Waals surface area (Å²) in [7, 11) is 3.27. The number of allylic oxidation sites excluding steroid dienone is 3. The van der Waals surface area contributed by atoms with Gasteiger partial charge in [0.15, 0.2) is 0 Å². The number of nitrogens with zero attached hydrogens (tertiary/aromatic N) is 4. The highest BCUT2D eigenvalue weighted by atomic mass is 16.5. The largest absolute Gasteiger partial charge is 0.499 e. The highest BCUT2D eigenvalue weighted by molar-refractivity contribution is 5.71. The Morgan fingerprint density at radius 3 is 2.81 bits per heavy atom. The van der Waals surface area contributed by atoms with Crippen molar-refractivity contribution in [1.82, 2.24) is 19.5 Å². The summed E-state index contributed by atoms with van der Waals surface area (Å²) in [5.41, 5.74) is 3.66. The Morgan fingerprint density at radius 2 is 2.08 bits per heavy atom. The van der Waals surface area contributed by atoms with E-state index in [1.807, 2.05) is 53.1 Å². The van der Waals surface area contributed by atoms with E-state index in [9.17, 15) is 10.2 Å². The van der Waals surface area contributed by atoms with Gasteiger partial charge in [-0.05, 0) is 48.9 Å². The summed E-state index contributed by atoms with van der Waals surface area (Å²) in [6, 6.07) is 11.8. The summed E-state index contributed by atoms with van der Waals surface area (Å²) in [4.78, 5) is 6.52. The van der Waals surface area contributed by atoms with Crippen molar-refractivity contribution in [2.75, 3.05) is 52.3 Å². The first-order valence-electron chi connectivity index (χ1n) is 12.4. The highest BCUT2D eigenvalue weighted by Gasteiger charge is 2.29. The third-order valence-electron chi connectivity index (χ3n) is 6.61. The lowest BCUT2D eigenvalue weighted by Gasteiger charge is -2.36.